The summed E-state index contributed by atoms with van der Waals surface area (Å²) >= 11 is 0. The summed E-state index contributed by atoms with van der Waals surface area (Å²) in [6.07, 6.45) is 3.63. The van der Waals surface area contributed by atoms with Gasteiger partial charge in [0.1, 0.15) is 0 Å². The number of rotatable bonds is 4. The Bertz CT molecular complexity index is 2330. The summed E-state index contributed by atoms with van der Waals surface area (Å²) in [4.78, 5) is 14.2. The number of hydrogen-bond donors (Lipinski definition) is 0. The molecule has 3 heteroatoms. The highest BCUT2D eigenvalue weighted by molar-refractivity contribution is 5.88. The van der Waals surface area contributed by atoms with Gasteiger partial charge < -0.3 is 0 Å². The summed E-state index contributed by atoms with van der Waals surface area (Å²) in [5.74, 6) is 0. The lowest BCUT2D eigenvalue weighted by atomic mass is 9.80. The van der Waals surface area contributed by atoms with Crippen LogP contribution < -0.4 is 0 Å². The monoisotopic (exact) mass is 617 g/mol. The molecular weight excluding hydrogens is 583 g/mol. The molecule has 9 rings (SSSR count). The van der Waals surface area contributed by atoms with E-state index in [4.69, 9.17) is 4.98 Å². The number of aromatic nitrogens is 3. The van der Waals surface area contributed by atoms with Gasteiger partial charge in [0.2, 0.25) is 0 Å². The van der Waals surface area contributed by atoms with Crippen LogP contribution in [-0.4, -0.2) is 15.0 Å². The second kappa shape index (κ2) is 10.4. The molecule has 2 aliphatic carbocycles. The lowest BCUT2D eigenvalue weighted by molar-refractivity contribution is 0.659. The zero-order valence-corrected chi connectivity index (χ0v) is 27.6. The molecule has 3 aromatic heterocycles. The standard InChI is InChI=1S/C45H35N3/c1-44(2)36-12-6-5-11-32(36)33-18-15-28(23-37(33)44)29-16-19-34-35-20-17-30(25-39(35)45(3,4)38(34)24-29)31-26-42(40-13-7-9-21-46-40)48-43(27-31)41-14-8-10-22-47-41/h5-27H,1-4H3. The molecule has 0 N–H and O–H groups in total. The maximum Gasteiger partial charge on any atom is 0.0900 e. The molecule has 230 valence electrons. The Balaban J connectivity index is 1.12. The molecule has 0 bridgehead atoms. The Morgan fingerprint density at radius 1 is 0.354 bits per heavy atom. The van der Waals surface area contributed by atoms with E-state index in [0.29, 0.717) is 0 Å². The van der Waals surface area contributed by atoms with E-state index in [1.165, 1.54) is 55.6 Å². The van der Waals surface area contributed by atoms with Crippen molar-refractivity contribution < 1.29 is 0 Å². The Morgan fingerprint density at radius 3 is 1.25 bits per heavy atom. The van der Waals surface area contributed by atoms with E-state index >= 15 is 0 Å². The summed E-state index contributed by atoms with van der Waals surface area (Å²) in [6, 6.07) is 46.1. The number of benzene rings is 4. The molecule has 0 spiro atoms. The van der Waals surface area contributed by atoms with Gasteiger partial charge in [0.25, 0.3) is 0 Å². The van der Waals surface area contributed by atoms with Crippen molar-refractivity contribution in [1.29, 1.82) is 0 Å². The van der Waals surface area contributed by atoms with Crippen LogP contribution in [-0.2, 0) is 10.8 Å². The first-order chi connectivity index (χ1) is 23.3. The van der Waals surface area contributed by atoms with Crippen molar-refractivity contribution >= 4 is 0 Å². The van der Waals surface area contributed by atoms with Crippen molar-refractivity contribution in [2.45, 2.75) is 38.5 Å². The van der Waals surface area contributed by atoms with Crippen molar-refractivity contribution in [3.8, 4) is 67.3 Å². The molecule has 3 nitrogen and oxygen atoms in total. The highest BCUT2D eigenvalue weighted by atomic mass is 14.8. The molecule has 0 radical (unpaired) electrons. The van der Waals surface area contributed by atoms with Crippen LogP contribution in [0.3, 0.4) is 0 Å². The van der Waals surface area contributed by atoms with Gasteiger partial charge in [-0.05, 0) is 121 Å². The van der Waals surface area contributed by atoms with E-state index < -0.39 is 0 Å². The summed E-state index contributed by atoms with van der Waals surface area (Å²) in [5, 5.41) is 0. The van der Waals surface area contributed by atoms with E-state index in [-0.39, 0.29) is 10.8 Å². The Labute approximate surface area is 282 Å². The largest absolute Gasteiger partial charge is 0.255 e. The van der Waals surface area contributed by atoms with Gasteiger partial charge in [0.15, 0.2) is 0 Å². The van der Waals surface area contributed by atoms with Crippen molar-refractivity contribution in [2.24, 2.45) is 0 Å². The van der Waals surface area contributed by atoms with Crippen molar-refractivity contribution in [2.75, 3.05) is 0 Å². The van der Waals surface area contributed by atoms with Gasteiger partial charge in [-0.1, -0.05) is 100 Å². The number of pyridine rings is 3. The average molecular weight is 618 g/mol. The third kappa shape index (κ3) is 4.31. The van der Waals surface area contributed by atoms with Crippen LogP contribution in [0.2, 0.25) is 0 Å². The quantitative estimate of drug-likeness (QED) is 0.197. The molecule has 0 unspecified atom stereocenters. The molecule has 0 amide bonds. The molecule has 3 heterocycles. The predicted octanol–water partition coefficient (Wildman–Crippen LogP) is 11.2. The molecule has 0 saturated carbocycles. The lowest BCUT2D eigenvalue weighted by Gasteiger charge is -2.23. The predicted molar refractivity (Wildman–Crippen MR) is 197 cm³/mol. The molecule has 2 aliphatic rings. The van der Waals surface area contributed by atoms with Crippen molar-refractivity contribution in [3.63, 3.8) is 0 Å². The Morgan fingerprint density at radius 2 is 0.771 bits per heavy atom. The number of nitrogens with zero attached hydrogens (tertiary/aromatic N) is 3. The van der Waals surface area contributed by atoms with Crippen LogP contribution >= 0.6 is 0 Å². The second-order valence-electron chi connectivity index (χ2n) is 14.1. The maximum atomic E-state index is 4.99. The first-order valence-electron chi connectivity index (χ1n) is 16.7. The van der Waals surface area contributed by atoms with Crippen LogP contribution in [0, 0.1) is 0 Å². The van der Waals surface area contributed by atoms with E-state index in [1.807, 2.05) is 48.8 Å². The lowest BCUT2D eigenvalue weighted by Crippen LogP contribution is -2.15. The molecule has 0 aliphatic heterocycles. The van der Waals surface area contributed by atoms with Gasteiger partial charge in [-0.15, -0.1) is 0 Å². The molecule has 48 heavy (non-hydrogen) atoms. The summed E-state index contributed by atoms with van der Waals surface area (Å²) in [6.45, 7) is 9.42. The number of hydrogen-bond acceptors (Lipinski definition) is 3. The SMILES string of the molecule is CC1(C)c2ccccc2-c2ccc(-c3ccc4c(c3)C(C)(C)c3cc(-c5cc(-c6ccccn6)nc(-c6ccccn6)c5)ccc3-4)cc21. The minimum atomic E-state index is -0.163. The van der Waals surface area contributed by atoms with Gasteiger partial charge in [0, 0.05) is 23.2 Å². The topological polar surface area (TPSA) is 38.7 Å². The molecule has 0 fully saturated rings. The minimum Gasteiger partial charge on any atom is -0.255 e. The normalized spacial score (nSPS) is 14.6. The van der Waals surface area contributed by atoms with Gasteiger partial charge >= 0.3 is 0 Å². The van der Waals surface area contributed by atoms with E-state index in [1.54, 1.807) is 0 Å². The highest BCUT2D eigenvalue weighted by Crippen LogP contribution is 2.52. The van der Waals surface area contributed by atoms with Gasteiger partial charge in [-0.3, -0.25) is 9.97 Å². The van der Waals surface area contributed by atoms with E-state index in [2.05, 4.69) is 129 Å². The summed E-state index contributed by atoms with van der Waals surface area (Å²) in [5.41, 5.74) is 18.8. The zero-order chi connectivity index (χ0) is 32.6. The molecular formula is C45H35N3. The third-order valence-corrected chi connectivity index (χ3v) is 10.6. The van der Waals surface area contributed by atoms with Crippen LogP contribution in [0.15, 0.2) is 140 Å². The fraction of sp³-hybridized carbons (Fsp3) is 0.133. The highest BCUT2D eigenvalue weighted by Gasteiger charge is 2.37. The van der Waals surface area contributed by atoms with Crippen LogP contribution in [0.4, 0.5) is 0 Å². The summed E-state index contributed by atoms with van der Waals surface area (Å²) in [7, 11) is 0. The first-order valence-corrected chi connectivity index (χ1v) is 16.7. The summed E-state index contributed by atoms with van der Waals surface area (Å²) < 4.78 is 0. The van der Waals surface area contributed by atoms with Gasteiger partial charge in [0.05, 0.1) is 22.8 Å². The molecule has 0 atom stereocenters. The van der Waals surface area contributed by atoms with Crippen molar-refractivity contribution in [1.82, 2.24) is 15.0 Å². The van der Waals surface area contributed by atoms with Crippen LogP contribution in [0.1, 0.15) is 49.9 Å². The Hall–Kier alpha value is -5.67. The van der Waals surface area contributed by atoms with E-state index in [0.717, 1.165) is 33.9 Å². The van der Waals surface area contributed by atoms with Crippen LogP contribution in [0.25, 0.3) is 67.3 Å². The fourth-order valence-corrected chi connectivity index (χ4v) is 7.97. The third-order valence-electron chi connectivity index (χ3n) is 10.6. The Kier molecular flexibility index (Phi) is 6.20. The van der Waals surface area contributed by atoms with E-state index in [9.17, 15) is 0 Å². The van der Waals surface area contributed by atoms with Gasteiger partial charge in [-0.25, -0.2) is 4.98 Å². The second-order valence-corrected chi connectivity index (χ2v) is 14.1. The smallest absolute Gasteiger partial charge is 0.0900 e. The van der Waals surface area contributed by atoms with Crippen molar-refractivity contribution in [3.05, 3.63) is 162 Å². The first kappa shape index (κ1) is 28.5. The number of fused-ring (bicyclic) bond motifs is 6. The molecule has 0 saturated heterocycles. The minimum absolute atomic E-state index is 0.0234. The maximum absolute atomic E-state index is 4.99. The zero-order valence-electron chi connectivity index (χ0n) is 27.6. The average Bonchev–Trinajstić information content (AvgIpc) is 3.50. The van der Waals surface area contributed by atoms with Gasteiger partial charge in [-0.2, -0.15) is 0 Å². The molecule has 4 aromatic carbocycles. The molecule has 7 aromatic rings. The fourth-order valence-electron chi connectivity index (χ4n) is 7.97. The van der Waals surface area contributed by atoms with Crippen LogP contribution in [0.5, 0.6) is 0 Å².